The molecule has 0 saturated heterocycles. The Bertz CT molecular complexity index is 588. The Morgan fingerprint density at radius 3 is 2.00 bits per heavy atom. The van der Waals surface area contributed by atoms with Crippen LogP contribution in [0.2, 0.25) is 0 Å². The molecule has 0 heterocycles. The molecule has 0 radical (unpaired) electrons. The first kappa shape index (κ1) is 22.5. The first-order valence-corrected chi connectivity index (χ1v) is 8.95. The highest BCUT2D eigenvalue weighted by Crippen LogP contribution is 2.36. The minimum absolute atomic E-state index is 0. The highest BCUT2D eigenvalue weighted by molar-refractivity contribution is 8.00. The average molecular weight is 393 g/mol. The molecule has 0 aromatic heterocycles. The summed E-state index contributed by atoms with van der Waals surface area (Å²) in [5, 5.41) is 0. The Kier molecular flexibility index (Phi) is 8.39. The zero-order valence-corrected chi connectivity index (χ0v) is 15.1. The summed E-state index contributed by atoms with van der Waals surface area (Å²) in [5.41, 5.74) is 0.978. The SMILES string of the molecule is CCC(N)(CC)CNS(=O)(=O)c1ccc(SC(F)(F)F)cc1.Cl. The summed E-state index contributed by atoms with van der Waals surface area (Å²) in [6.07, 6.45) is 1.21. The van der Waals surface area contributed by atoms with Gasteiger partial charge in [0, 0.05) is 17.0 Å². The Hall–Kier alpha value is -0.480. The fourth-order valence-electron chi connectivity index (χ4n) is 1.64. The van der Waals surface area contributed by atoms with E-state index < -0.39 is 21.1 Å². The Balaban J connectivity index is 0.00000484. The summed E-state index contributed by atoms with van der Waals surface area (Å²) in [4.78, 5) is -0.157. The van der Waals surface area contributed by atoms with Gasteiger partial charge in [0.1, 0.15) is 0 Å². The van der Waals surface area contributed by atoms with Gasteiger partial charge < -0.3 is 5.73 Å². The number of thioether (sulfide) groups is 1. The van der Waals surface area contributed by atoms with E-state index in [4.69, 9.17) is 5.73 Å². The largest absolute Gasteiger partial charge is 0.446 e. The van der Waals surface area contributed by atoms with Gasteiger partial charge in [-0.3, -0.25) is 0 Å². The van der Waals surface area contributed by atoms with Crippen molar-refractivity contribution in [3.8, 4) is 0 Å². The van der Waals surface area contributed by atoms with E-state index in [1.807, 2.05) is 13.8 Å². The molecule has 134 valence electrons. The summed E-state index contributed by atoms with van der Waals surface area (Å²) >= 11 is -0.290. The van der Waals surface area contributed by atoms with Gasteiger partial charge in [0.2, 0.25) is 10.0 Å². The van der Waals surface area contributed by atoms with Crippen LogP contribution in [0.25, 0.3) is 0 Å². The third-order valence-electron chi connectivity index (χ3n) is 3.39. The van der Waals surface area contributed by atoms with Crippen LogP contribution in [0.5, 0.6) is 0 Å². The van der Waals surface area contributed by atoms with Crippen molar-refractivity contribution in [2.45, 2.75) is 47.5 Å². The Morgan fingerprint density at radius 1 is 1.13 bits per heavy atom. The first-order valence-electron chi connectivity index (χ1n) is 6.66. The predicted molar refractivity (Wildman–Crippen MR) is 88.3 cm³/mol. The predicted octanol–water partition coefficient (Wildman–Crippen LogP) is 3.52. The van der Waals surface area contributed by atoms with Crippen LogP contribution in [0.3, 0.4) is 0 Å². The molecule has 1 aromatic carbocycles. The summed E-state index contributed by atoms with van der Waals surface area (Å²) < 4.78 is 63.3. The maximum absolute atomic E-state index is 12.2. The lowest BCUT2D eigenvalue weighted by molar-refractivity contribution is -0.0328. The number of benzene rings is 1. The second kappa shape index (κ2) is 8.57. The zero-order chi connectivity index (χ0) is 17.0. The van der Waals surface area contributed by atoms with E-state index in [1.165, 1.54) is 0 Å². The fraction of sp³-hybridized carbons (Fsp3) is 0.538. The number of nitrogens with one attached hydrogen (secondary N) is 1. The molecule has 0 fully saturated rings. The topological polar surface area (TPSA) is 72.2 Å². The zero-order valence-electron chi connectivity index (χ0n) is 12.7. The van der Waals surface area contributed by atoms with Crippen molar-refractivity contribution in [3.05, 3.63) is 24.3 Å². The smallest absolute Gasteiger partial charge is 0.324 e. The minimum atomic E-state index is -4.40. The summed E-state index contributed by atoms with van der Waals surface area (Å²) in [7, 11) is -3.79. The lowest BCUT2D eigenvalue weighted by Crippen LogP contribution is -2.49. The van der Waals surface area contributed by atoms with Gasteiger partial charge in [0.05, 0.1) is 4.90 Å². The van der Waals surface area contributed by atoms with Gasteiger partial charge in [-0.2, -0.15) is 13.2 Å². The van der Waals surface area contributed by atoms with Crippen LogP contribution in [-0.4, -0.2) is 26.0 Å². The van der Waals surface area contributed by atoms with Crippen LogP contribution in [0.1, 0.15) is 26.7 Å². The maximum atomic E-state index is 12.2. The van der Waals surface area contributed by atoms with Crippen LogP contribution in [-0.2, 0) is 10.0 Å². The summed E-state index contributed by atoms with van der Waals surface area (Å²) in [6, 6.07) is 4.54. The second-order valence-corrected chi connectivity index (χ2v) is 7.82. The van der Waals surface area contributed by atoms with Crippen molar-refractivity contribution in [1.29, 1.82) is 0 Å². The molecular weight excluding hydrogens is 373 g/mol. The Labute approximate surface area is 144 Å². The lowest BCUT2D eigenvalue weighted by atomic mass is 9.95. The van der Waals surface area contributed by atoms with Gasteiger partial charge in [-0.1, -0.05) is 13.8 Å². The van der Waals surface area contributed by atoms with Gasteiger partial charge >= 0.3 is 5.51 Å². The number of alkyl halides is 3. The molecule has 1 rings (SSSR count). The van der Waals surface area contributed by atoms with E-state index in [-0.39, 0.29) is 40.5 Å². The molecule has 23 heavy (non-hydrogen) atoms. The summed E-state index contributed by atoms with van der Waals surface area (Å²) in [6.45, 7) is 3.79. The first-order chi connectivity index (χ1) is 10.0. The molecule has 0 aliphatic carbocycles. The summed E-state index contributed by atoms with van der Waals surface area (Å²) in [5.74, 6) is 0. The minimum Gasteiger partial charge on any atom is -0.324 e. The number of nitrogens with two attached hydrogens (primary N) is 1. The molecule has 3 N–H and O–H groups in total. The van der Waals surface area contributed by atoms with Crippen LogP contribution in [0.15, 0.2) is 34.1 Å². The van der Waals surface area contributed by atoms with Crippen molar-refractivity contribution in [2.24, 2.45) is 5.73 Å². The molecule has 0 bridgehead atoms. The van der Waals surface area contributed by atoms with E-state index in [9.17, 15) is 21.6 Å². The van der Waals surface area contributed by atoms with E-state index in [0.717, 1.165) is 24.3 Å². The number of sulfonamides is 1. The lowest BCUT2D eigenvalue weighted by Gasteiger charge is -2.26. The maximum Gasteiger partial charge on any atom is 0.446 e. The molecule has 0 aliphatic rings. The Morgan fingerprint density at radius 2 is 1.61 bits per heavy atom. The quantitative estimate of drug-likeness (QED) is 0.696. The van der Waals surface area contributed by atoms with Crippen LogP contribution in [0, 0.1) is 0 Å². The number of hydrogen-bond acceptors (Lipinski definition) is 4. The van der Waals surface area contributed by atoms with Gasteiger partial charge in [-0.15, -0.1) is 12.4 Å². The highest BCUT2D eigenvalue weighted by atomic mass is 35.5. The molecule has 0 atom stereocenters. The van der Waals surface area contributed by atoms with E-state index >= 15 is 0 Å². The van der Waals surface area contributed by atoms with E-state index in [1.54, 1.807) is 0 Å². The van der Waals surface area contributed by atoms with Crippen LogP contribution in [0.4, 0.5) is 13.2 Å². The van der Waals surface area contributed by atoms with Crippen molar-refractivity contribution in [2.75, 3.05) is 6.54 Å². The van der Waals surface area contributed by atoms with E-state index in [0.29, 0.717) is 12.8 Å². The van der Waals surface area contributed by atoms with E-state index in [2.05, 4.69) is 4.72 Å². The van der Waals surface area contributed by atoms with Gasteiger partial charge in [0.15, 0.2) is 0 Å². The number of halogens is 4. The molecule has 10 heteroatoms. The van der Waals surface area contributed by atoms with Gasteiger partial charge in [-0.05, 0) is 48.9 Å². The average Bonchev–Trinajstić information content (AvgIpc) is 2.44. The number of rotatable bonds is 7. The van der Waals surface area contributed by atoms with Crippen LogP contribution >= 0.6 is 24.2 Å². The molecule has 0 saturated carbocycles. The van der Waals surface area contributed by atoms with Gasteiger partial charge in [0.25, 0.3) is 0 Å². The fourth-order valence-corrected chi connectivity index (χ4v) is 3.32. The number of hydrogen-bond donors (Lipinski definition) is 2. The molecule has 0 spiro atoms. The van der Waals surface area contributed by atoms with Gasteiger partial charge in [-0.25, -0.2) is 13.1 Å². The molecule has 0 aliphatic heterocycles. The third kappa shape index (κ3) is 7.30. The highest BCUT2D eigenvalue weighted by Gasteiger charge is 2.29. The van der Waals surface area contributed by atoms with Crippen molar-refractivity contribution in [3.63, 3.8) is 0 Å². The molecule has 1 aromatic rings. The molecular formula is C13H20ClF3N2O2S2. The molecule has 4 nitrogen and oxygen atoms in total. The van der Waals surface area contributed by atoms with Crippen LogP contribution < -0.4 is 10.5 Å². The monoisotopic (exact) mass is 392 g/mol. The molecule has 0 unspecified atom stereocenters. The second-order valence-electron chi connectivity index (χ2n) is 4.91. The van der Waals surface area contributed by atoms with Crippen molar-refractivity contribution < 1.29 is 21.6 Å². The normalized spacial score (nSPS) is 12.8. The molecule has 0 amide bonds. The van der Waals surface area contributed by atoms with Crippen molar-refractivity contribution in [1.82, 2.24) is 4.72 Å². The standard InChI is InChI=1S/C13H19F3N2O2S2.ClH/c1-3-12(17,4-2)9-18-22(19,20)11-7-5-10(6-8-11)21-13(14,15)16;/h5-8,18H,3-4,9,17H2,1-2H3;1H. The third-order valence-corrected chi connectivity index (χ3v) is 5.55. The van der Waals surface area contributed by atoms with Crippen molar-refractivity contribution >= 4 is 34.2 Å².